The molecule has 7 nitrogen and oxygen atoms in total. The number of aryl methyl sites for hydroxylation is 2. The molecule has 0 unspecified atom stereocenters. The molecule has 2 aliphatic rings. The highest BCUT2D eigenvalue weighted by atomic mass is 16.4. The summed E-state index contributed by atoms with van der Waals surface area (Å²) in [7, 11) is 0. The lowest BCUT2D eigenvalue weighted by Crippen LogP contribution is -2.25. The topological polar surface area (TPSA) is 97.0 Å². The molecule has 0 atom stereocenters. The zero-order valence-corrected chi connectivity index (χ0v) is 17.2. The van der Waals surface area contributed by atoms with Gasteiger partial charge in [0.25, 0.3) is 5.91 Å². The lowest BCUT2D eigenvalue weighted by Gasteiger charge is -2.31. The lowest BCUT2D eigenvalue weighted by atomic mass is 9.97. The molecule has 0 saturated carbocycles. The number of carbonyl (C=O) groups is 2. The molecule has 2 aliphatic heterocycles. The molecule has 1 amide bonds. The molecule has 0 saturated heterocycles. The van der Waals surface area contributed by atoms with Crippen LogP contribution in [0.4, 0.5) is 11.4 Å². The predicted molar refractivity (Wildman–Crippen MR) is 118 cm³/mol. The second kappa shape index (κ2) is 8.44. The molecule has 4 rings (SSSR count). The van der Waals surface area contributed by atoms with Crippen LogP contribution < -0.4 is 4.90 Å². The summed E-state index contributed by atoms with van der Waals surface area (Å²) in [6.45, 7) is 2.95. The average molecular weight is 414 g/mol. The Balaban J connectivity index is 1.62. The second-order valence-electron chi connectivity index (χ2n) is 7.67. The minimum atomic E-state index is -1.02. The van der Waals surface area contributed by atoms with Crippen LogP contribution in [-0.4, -0.2) is 40.8 Å². The zero-order chi connectivity index (χ0) is 22.0. The molecular weight excluding hydrogens is 392 g/mol. The highest BCUT2D eigenvalue weighted by molar-refractivity contribution is 6.32. The van der Waals surface area contributed by atoms with Gasteiger partial charge in [0.2, 0.25) is 0 Å². The summed E-state index contributed by atoms with van der Waals surface area (Å²) in [5.41, 5.74) is 5.72. The molecule has 0 radical (unpaired) electrons. The fourth-order valence-electron chi connectivity index (χ4n) is 3.89. The number of anilines is 2. The molecule has 0 spiro atoms. The maximum absolute atomic E-state index is 12.6. The van der Waals surface area contributed by atoms with Crippen molar-refractivity contribution in [3.8, 4) is 6.07 Å². The number of hydrogen-bond acceptors (Lipinski definition) is 5. The summed E-state index contributed by atoms with van der Waals surface area (Å²) >= 11 is 0. The van der Waals surface area contributed by atoms with Gasteiger partial charge in [-0.15, -0.1) is 0 Å². The van der Waals surface area contributed by atoms with Gasteiger partial charge in [-0.1, -0.05) is 23.8 Å². The standard InChI is InChI=1S/C24H22N4O3/c1-16-4-7-19(8-5-16)27-11-2-3-18-13-17(6-9-22(18)27)14-20-21(15-25)26-28(24(20)31)12-10-23(29)30/h4-9,13-14H,2-3,10-12H2,1H3,(H,29,30)/b20-14-. The van der Waals surface area contributed by atoms with Gasteiger partial charge in [0.15, 0.2) is 5.71 Å². The van der Waals surface area contributed by atoms with Crippen molar-refractivity contribution in [1.82, 2.24) is 5.01 Å². The number of nitrogens with zero attached hydrogens (tertiary/aromatic N) is 4. The Hall–Kier alpha value is -3.92. The van der Waals surface area contributed by atoms with Crippen LogP contribution in [-0.2, 0) is 16.0 Å². The van der Waals surface area contributed by atoms with E-state index in [1.165, 1.54) is 11.1 Å². The number of carboxylic acid groups (broad SMARTS) is 1. The van der Waals surface area contributed by atoms with Crippen molar-refractivity contribution >= 4 is 35.0 Å². The van der Waals surface area contributed by atoms with Crippen LogP contribution in [0.2, 0.25) is 0 Å². The Labute approximate surface area is 180 Å². The van der Waals surface area contributed by atoms with Gasteiger partial charge < -0.3 is 10.0 Å². The quantitative estimate of drug-likeness (QED) is 0.753. The van der Waals surface area contributed by atoms with Crippen molar-refractivity contribution in [2.45, 2.75) is 26.2 Å². The van der Waals surface area contributed by atoms with Crippen molar-refractivity contribution in [3.63, 3.8) is 0 Å². The van der Waals surface area contributed by atoms with E-state index in [0.717, 1.165) is 41.3 Å². The first-order valence-electron chi connectivity index (χ1n) is 10.2. The maximum Gasteiger partial charge on any atom is 0.305 e. The summed E-state index contributed by atoms with van der Waals surface area (Å²) in [5.74, 6) is -1.47. The molecule has 7 heteroatoms. The van der Waals surface area contributed by atoms with Gasteiger partial charge in [-0.25, -0.2) is 5.01 Å². The molecule has 156 valence electrons. The third kappa shape index (κ3) is 4.19. The van der Waals surface area contributed by atoms with E-state index in [1.807, 2.05) is 24.3 Å². The number of benzene rings is 2. The van der Waals surface area contributed by atoms with Crippen LogP contribution in [0.15, 0.2) is 53.1 Å². The Morgan fingerprint density at radius 3 is 2.74 bits per heavy atom. The normalized spacial score (nSPS) is 16.8. The molecule has 1 N–H and O–H groups in total. The molecule has 0 bridgehead atoms. The second-order valence-corrected chi connectivity index (χ2v) is 7.67. The number of hydrazone groups is 1. The van der Waals surface area contributed by atoms with Crippen molar-refractivity contribution in [2.75, 3.05) is 18.0 Å². The summed E-state index contributed by atoms with van der Waals surface area (Å²) < 4.78 is 0. The van der Waals surface area contributed by atoms with E-state index in [9.17, 15) is 14.9 Å². The van der Waals surface area contributed by atoms with Crippen molar-refractivity contribution in [2.24, 2.45) is 5.10 Å². The van der Waals surface area contributed by atoms with Gasteiger partial charge >= 0.3 is 5.97 Å². The first-order chi connectivity index (χ1) is 15.0. The number of fused-ring (bicyclic) bond motifs is 1. The van der Waals surface area contributed by atoms with Gasteiger partial charge in [-0.05, 0) is 61.2 Å². The van der Waals surface area contributed by atoms with Crippen LogP contribution >= 0.6 is 0 Å². The maximum atomic E-state index is 12.6. The third-order valence-electron chi connectivity index (χ3n) is 5.46. The van der Waals surface area contributed by atoms with E-state index < -0.39 is 11.9 Å². The van der Waals surface area contributed by atoms with Crippen molar-refractivity contribution < 1.29 is 14.7 Å². The van der Waals surface area contributed by atoms with Crippen molar-refractivity contribution in [3.05, 3.63) is 64.7 Å². The van der Waals surface area contributed by atoms with Gasteiger partial charge in [0.05, 0.1) is 18.5 Å². The van der Waals surface area contributed by atoms with E-state index in [4.69, 9.17) is 5.11 Å². The van der Waals surface area contributed by atoms with Crippen LogP contribution in [0.3, 0.4) is 0 Å². The molecule has 31 heavy (non-hydrogen) atoms. The van der Waals surface area contributed by atoms with E-state index in [1.54, 1.807) is 6.08 Å². The average Bonchev–Trinajstić information content (AvgIpc) is 3.07. The summed E-state index contributed by atoms with van der Waals surface area (Å²) in [6, 6.07) is 16.4. The first-order valence-corrected chi connectivity index (χ1v) is 10.2. The number of hydrogen-bond donors (Lipinski definition) is 1. The minimum Gasteiger partial charge on any atom is -0.481 e. The SMILES string of the molecule is Cc1ccc(N2CCCc3cc(/C=C4\C(=O)N(CCC(=O)O)N=C4C#N)ccc32)cc1. The largest absolute Gasteiger partial charge is 0.481 e. The number of carbonyl (C=O) groups excluding carboxylic acids is 1. The fourth-order valence-corrected chi connectivity index (χ4v) is 3.89. The Morgan fingerprint density at radius 2 is 2.03 bits per heavy atom. The van der Waals surface area contributed by atoms with Crippen LogP contribution in [0.25, 0.3) is 6.08 Å². The number of nitriles is 1. The summed E-state index contributed by atoms with van der Waals surface area (Å²) in [4.78, 5) is 25.7. The predicted octanol–water partition coefficient (Wildman–Crippen LogP) is 3.66. The zero-order valence-electron chi connectivity index (χ0n) is 17.2. The number of rotatable bonds is 5. The number of amides is 1. The number of aliphatic carboxylic acids is 1. The molecule has 0 aromatic heterocycles. The fraction of sp³-hybridized carbons (Fsp3) is 0.250. The molecule has 2 heterocycles. The highest BCUT2D eigenvalue weighted by Crippen LogP contribution is 2.34. The first kappa shape index (κ1) is 20.4. The van der Waals surface area contributed by atoms with Crippen molar-refractivity contribution in [1.29, 1.82) is 5.26 Å². The van der Waals surface area contributed by atoms with E-state index in [0.29, 0.717) is 0 Å². The van der Waals surface area contributed by atoms with E-state index in [2.05, 4.69) is 41.2 Å². The Kier molecular flexibility index (Phi) is 5.54. The molecule has 0 fully saturated rings. The van der Waals surface area contributed by atoms with E-state index in [-0.39, 0.29) is 24.3 Å². The molecular formula is C24H22N4O3. The van der Waals surface area contributed by atoms with Gasteiger partial charge in [-0.3, -0.25) is 9.59 Å². The smallest absolute Gasteiger partial charge is 0.305 e. The van der Waals surface area contributed by atoms with Gasteiger partial charge in [0, 0.05) is 17.9 Å². The van der Waals surface area contributed by atoms with Crippen LogP contribution in [0.1, 0.15) is 29.5 Å². The Morgan fingerprint density at radius 1 is 1.26 bits per heavy atom. The highest BCUT2D eigenvalue weighted by Gasteiger charge is 2.30. The third-order valence-corrected chi connectivity index (χ3v) is 5.46. The molecule has 0 aliphatic carbocycles. The summed E-state index contributed by atoms with van der Waals surface area (Å²) in [5, 5.41) is 23.3. The van der Waals surface area contributed by atoms with E-state index >= 15 is 0 Å². The van der Waals surface area contributed by atoms with Gasteiger partial charge in [0.1, 0.15) is 6.07 Å². The number of carboxylic acids is 1. The van der Waals surface area contributed by atoms with Gasteiger partial charge in [-0.2, -0.15) is 10.4 Å². The molecule has 2 aromatic carbocycles. The Bertz CT molecular complexity index is 1140. The van der Waals surface area contributed by atoms with Crippen LogP contribution in [0.5, 0.6) is 0 Å². The lowest BCUT2D eigenvalue weighted by molar-refractivity contribution is -0.137. The monoisotopic (exact) mass is 414 g/mol. The van der Waals surface area contributed by atoms with Crippen LogP contribution in [0, 0.1) is 18.3 Å². The molecule has 2 aromatic rings. The summed E-state index contributed by atoms with van der Waals surface area (Å²) in [6.07, 6.45) is 3.39. The minimum absolute atomic E-state index is 0.00870.